The molecule has 2 aromatic carbocycles. The van der Waals surface area contributed by atoms with Crippen LogP contribution in [0.4, 0.5) is 8.78 Å². The fraction of sp³-hybridized carbons (Fsp3) is 0.367. The molecule has 1 aliphatic carbocycles. The Kier molecular flexibility index (Phi) is 6.14. The van der Waals surface area contributed by atoms with E-state index in [4.69, 9.17) is 4.98 Å². The molecular weight excluding hydrogens is 504 g/mol. The van der Waals surface area contributed by atoms with Gasteiger partial charge in [-0.3, -0.25) is 14.6 Å². The Morgan fingerprint density at radius 1 is 0.923 bits per heavy atom. The van der Waals surface area contributed by atoms with Crippen LogP contribution in [-0.4, -0.2) is 66.0 Å². The average Bonchev–Trinajstić information content (AvgIpc) is 3.67. The number of nitrogens with zero attached hydrogens (tertiary/aromatic N) is 3. The van der Waals surface area contributed by atoms with Crippen LogP contribution in [0.2, 0.25) is 0 Å². The number of carbonyl (C=O) groups is 2. The van der Waals surface area contributed by atoms with E-state index in [1.54, 1.807) is 6.07 Å². The first-order valence-corrected chi connectivity index (χ1v) is 13.1. The molecule has 3 aromatic rings. The number of aryl methyl sites for hydroxylation is 1. The number of hydrogen-bond acceptors (Lipinski definition) is 6. The molecule has 39 heavy (non-hydrogen) atoms. The Morgan fingerprint density at radius 3 is 2.31 bits per heavy atom. The third-order valence-electron chi connectivity index (χ3n) is 7.93. The van der Waals surface area contributed by atoms with E-state index >= 15 is 0 Å². The van der Waals surface area contributed by atoms with Gasteiger partial charge in [0.15, 0.2) is 11.5 Å². The van der Waals surface area contributed by atoms with E-state index in [9.17, 15) is 18.4 Å². The van der Waals surface area contributed by atoms with Crippen LogP contribution in [0.15, 0.2) is 54.6 Å². The first-order valence-electron chi connectivity index (χ1n) is 13.1. The number of piperazine rings is 1. The van der Waals surface area contributed by atoms with Crippen molar-refractivity contribution < 1.29 is 27.8 Å². The summed E-state index contributed by atoms with van der Waals surface area (Å²) in [5.74, 6) is -0.0702. The average molecular weight is 534 g/mol. The molecular formula is C30H29F2N3O4. The van der Waals surface area contributed by atoms with Crippen LogP contribution in [0.3, 0.4) is 0 Å². The third kappa shape index (κ3) is 4.87. The van der Waals surface area contributed by atoms with Crippen molar-refractivity contribution in [3.8, 4) is 22.8 Å². The highest BCUT2D eigenvalue weighted by atomic mass is 19.3. The number of halogens is 2. The van der Waals surface area contributed by atoms with Gasteiger partial charge >= 0.3 is 6.29 Å². The molecule has 0 N–H and O–H groups in total. The number of hydrogen-bond donors (Lipinski definition) is 0. The van der Waals surface area contributed by atoms with Crippen molar-refractivity contribution in [1.82, 2.24) is 14.8 Å². The molecule has 0 spiro atoms. The lowest BCUT2D eigenvalue weighted by atomic mass is 9.88. The number of amides is 1. The number of rotatable bonds is 6. The maximum atomic E-state index is 13.5. The SMILES string of the molecule is Cc1ccc(CC(=O)C2(c3ccc4c(c3)OC(F)(F)O4)CC2)nc1-c1ccc(C(=O)N2CCN(C)CC2)cc1. The number of likely N-dealkylation sites (N-methyl/N-ethyl adjacent to an activating group) is 1. The fourth-order valence-corrected chi connectivity index (χ4v) is 5.36. The molecule has 0 radical (unpaired) electrons. The van der Waals surface area contributed by atoms with Gasteiger partial charge in [-0.2, -0.15) is 0 Å². The Morgan fingerprint density at radius 2 is 1.62 bits per heavy atom. The van der Waals surface area contributed by atoms with Crippen LogP contribution in [0.5, 0.6) is 11.5 Å². The van der Waals surface area contributed by atoms with Crippen LogP contribution in [0.25, 0.3) is 11.3 Å². The lowest BCUT2D eigenvalue weighted by Gasteiger charge is -2.32. The zero-order valence-electron chi connectivity index (χ0n) is 21.9. The minimum absolute atomic E-state index is 0.0106. The summed E-state index contributed by atoms with van der Waals surface area (Å²) in [7, 11) is 2.05. The summed E-state index contributed by atoms with van der Waals surface area (Å²) in [5.41, 5.74) is 3.79. The second-order valence-corrected chi connectivity index (χ2v) is 10.7. The minimum Gasteiger partial charge on any atom is -0.395 e. The predicted octanol–water partition coefficient (Wildman–Crippen LogP) is 4.61. The highest BCUT2D eigenvalue weighted by Crippen LogP contribution is 2.52. The van der Waals surface area contributed by atoms with Gasteiger partial charge < -0.3 is 19.3 Å². The summed E-state index contributed by atoms with van der Waals surface area (Å²) in [5, 5.41) is 0. The fourth-order valence-electron chi connectivity index (χ4n) is 5.36. The summed E-state index contributed by atoms with van der Waals surface area (Å²) in [6.45, 7) is 5.12. The van der Waals surface area contributed by atoms with Crippen molar-refractivity contribution in [3.63, 3.8) is 0 Å². The minimum atomic E-state index is -3.69. The van der Waals surface area contributed by atoms with Gasteiger partial charge in [-0.25, -0.2) is 0 Å². The number of ether oxygens (including phenoxy) is 2. The van der Waals surface area contributed by atoms with Crippen molar-refractivity contribution >= 4 is 11.7 Å². The quantitative estimate of drug-likeness (QED) is 0.461. The molecule has 0 atom stereocenters. The molecule has 202 valence electrons. The van der Waals surface area contributed by atoms with Crippen molar-refractivity contribution in [2.75, 3.05) is 33.2 Å². The van der Waals surface area contributed by atoms with Gasteiger partial charge in [0.25, 0.3) is 5.91 Å². The zero-order chi connectivity index (χ0) is 27.4. The van der Waals surface area contributed by atoms with Crippen molar-refractivity contribution in [2.45, 2.75) is 37.9 Å². The molecule has 2 fully saturated rings. The summed E-state index contributed by atoms with van der Waals surface area (Å²) >= 11 is 0. The molecule has 0 bridgehead atoms. The Hall–Kier alpha value is -3.85. The number of carbonyl (C=O) groups excluding carboxylic acids is 2. The lowest BCUT2D eigenvalue weighted by Crippen LogP contribution is -2.47. The monoisotopic (exact) mass is 533 g/mol. The summed E-state index contributed by atoms with van der Waals surface area (Å²) in [6.07, 6.45) is -2.29. The standard InChI is InChI=1S/C30H29F2N3O4/c1-19-3-9-23(18-26(36)29(11-12-29)22-8-10-24-25(17-22)39-30(31,32)38-24)33-27(19)20-4-6-21(7-5-20)28(37)35-15-13-34(2)14-16-35/h3-10,17H,11-16,18H2,1-2H3. The first kappa shape index (κ1) is 25.4. The molecule has 2 aliphatic heterocycles. The Labute approximate surface area is 225 Å². The number of fused-ring (bicyclic) bond motifs is 1. The molecule has 7 nitrogen and oxygen atoms in total. The van der Waals surface area contributed by atoms with E-state index in [1.165, 1.54) is 12.1 Å². The van der Waals surface area contributed by atoms with Crippen molar-refractivity contribution in [2.24, 2.45) is 0 Å². The molecule has 1 saturated heterocycles. The molecule has 9 heteroatoms. The van der Waals surface area contributed by atoms with E-state index in [1.807, 2.05) is 48.2 Å². The zero-order valence-corrected chi connectivity index (χ0v) is 21.9. The molecule has 6 rings (SSSR count). The highest BCUT2D eigenvalue weighted by Gasteiger charge is 2.52. The second-order valence-electron chi connectivity index (χ2n) is 10.7. The number of pyridine rings is 1. The Balaban J connectivity index is 1.18. The number of benzene rings is 2. The molecule has 3 aliphatic rings. The molecule has 1 aromatic heterocycles. The summed E-state index contributed by atoms with van der Waals surface area (Å²) in [6, 6.07) is 15.8. The van der Waals surface area contributed by atoms with Gasteiger partial charge in [0.05, 0.1) is 11.1 Å². The van der Waals surface area contributed by atoms with E-state index in [0.29, 0.717) is 42.8 Å². The molecule has 1 saturated carbocycles. The van der Waals surface area contributed by atoms with Crippen LogP contribution < -0.4 is 9.47 Å². The molecule has 1 amide bonds. The topological polar surface area (TPSA) is 72.0 Å². The maximum absolute atomic E-state index is 13.5. The number of ketones is 1. The van der Waals surface area contributed by atoms with E-state index < -0.39 is 11.7 Å². The third-order valence-corrected chi connectivity index (χ3v) is 7.93. The first-order chi connectivity index (χ1) is 18.6. The predicted molar refractivity (Wildman–Crippen MR) is 140 cm³/mol. The van der Waals surface area contributed by atoms with Crippen LogP contribution in [-0.2, 0) is 16.6 Å². The second kappa shape index (κ2) is 9.41. The maximum Gasteiger partial charge on any atom is 0.586 e. The van der Waals surface area contributed by atoms with Gasteiger partial charge in [-0.15, -0.1) is 8.78 Å². The van der Waals surface area contributed by atoms with E-state index in [0.717, 1.165) is 29.9 Å². The molecule has 0 unspecified atom stereocenters. The van der Waals surface area contributed by atoms with Gasteiger partial charge in [0, 0.05) is 49.4 Å². The smallest absolute Gasteiger partial charge is 0.395 e. The highest BCUT2D eigenvalue weighted by molar-refractivity contribution is 5.95. The van der Waals surface area contributed by atoms with E-state index in [-0.39, 0.29) is 29.6 Å². The van der Waals surface area contributed by atoms with Gasteiger partial charge in [-0.1, -0.05) is 24.3 Å². The van der Waals surface area contributed by atoms with Gasteiger partial charge in [0.1, 0.15) is 5.78 Å². The molecule has 3 heterocycles. The number of Topliss-reactive ketones (excluding diaryl/α,β-unsaturated/α-hetero) is 1. The summed E-state index contributed by atoms with van der Waals surface area (Å²) in [4.78, 5) is 35.2. The normalized spacial score (nSPS) is 19.1. The van der Waals surface area contributed by atoms with Crippen LogP contribution >= 0.6 is 0 Å². The van der Waals surface area contributed by atoms with Gasteiger partial charge in [-0.05, 0) is 68.3 Å². The van der Waals surface area contributed by atoms with Crippen molar-refractivity contribution in [3.05, 3.63) is 77.0 Å². The number of aromatic nitrogens is 1. The van der Waals surface area contributed by atoms with Crippen LogP contribution in [0, 0.1) is 6.92 Å². The number of alkyl halides is 2. The van der Waals surface area contributed by atoms with E-state index in [2.05, 4.69) is 21.4 Å². The van der Waals surface area contributed by atoms with Crippen molar-refractivity contribution in [1.29, 1.82) is 0 Å². The van der Waals surface area contributed by atoms with Gasteiger partial charge in [0.2, 0.25) is 0 Å². The largest absolute Gasteiger partial charge is 0.586 e. The van der Waals surface area contributed by atoms with Crippen LogP contribution in [0.1, 0.15) is 40.0 Å². The summed E-state index contributed by atoms with van der Waals surface area (Å²) < 4.78 is 36.0. The Bertz CT molecular complexity index is 1450. The lowest BCUT2D eigenvalue weighted by molar-refractivity contribution is -0.286.